The predicted octanol–water partition coefficient (Wildman–Crippen LogP) is 1.23. The number of halogens is 1. The molecule has 68 valence electrons. The number of hydrogen-bond donors (Lipinski definition) is 1. The van der Waals surface area contributed by atoms with Crippen LogP contribution in [0, 0.1) is 24.6 Å². The van der Waals surface area contributed by atoms with Gasteiger partial charge in [0.15, 0.2) is 0 Å². The lowest BCUT2D eigenvalue weighted by Crippen LogP contribution is -1.96. The summed E-state index contributed by atoms with van der Waals surface area (Å²) in [5.74, 6) is 5.35. The zero-order valence-corrected chi connectivity index (χ0v) is 7.47. The maximum absolute atomic E-state index is 12.6. The second-order valence-corrected chi connectivity index (χ2v) is 2.66. The summed E-state index contributed by atoms with van der Waals surface area (Å²) < 4.78 is 12.6. The Morgan fingerprint density at radius 2 is 2.38 bits per heavy atom. The van der Waals surface area contributed by atoms with E-state index in [2.05, 4.69) is 16.8 Å². The van der Waals surface area contributed by atoms with E-state index in [0.29, 0.717) is 18.7 Å². The Kier molecular flexibility index (Phi) is 3.41. The molecule has 1 rings (SSSR count). The maximum atomic E-state index is 12.6. The van der Waals surface area contributed by atoms with Crippen LogP contribution in [0.4, 0.5) is 4.39 Å². The van der Waals surface area contributed by atoms with Crippen LogP contribution in [0.3, 0.4) is 0 Å². The average Bonchev–Trinajstić information content (AvgIpc) is 2.09. The second-order valence-electron chi connectivity index (χ2n) is 2.66. The Labute approximate surface area is 77.0 Å². The van der Waals surface area contributed by atoms with E-state index in [0.717, 1.165) is 5.56 Å². The van der Waals surface area contributed by atoms with Gasteiger partial charge in [-0.1, -0.05) is 5.92 Å². The van der Waals surface area contributed by atoms with Crippen molar-refractivity contribution in [3.8, 4) is 11.8 Å². The van der Waals surface area contributed by atoms with Crippen LogP contribution in [0.2, 0.25) is 0 Å². The molecule has 0 amide bonds. The predicted molar refractivity (Wildman–Crippen MR) is 49.5 cm³/mol. The van der Waals surface area contributed by atoms with Crippen LogP contribution >= 0.6 is 0 Å². The highest BCUT2D eigenvalue weighted by Crippen LogP contribution is 2.04. The topological polar surface area (TPSA) is 38.9 Å². The lowest BCUT2D eigenvalue weighted by Gasteiger charge is -1.95. The molecule has 0 unspecified atom stereocenters. The third-order valence-electron chi connectivity index (χ3n) is 1.52. The van der Waals surface area contributed by atoms with Gasteiger partial charge in [-0.25, -0.2) is 9.37 Å². The number of aromatic nitrogens is 1. The smallest absolute Gasteiger partial charge is 0.141 e. The quantitative estimate of drug-likeness (QED) is 0.657. The zero-order chi connectivity index (χ0) is 9.68. The van der Waals surface area contributed by atoms with E-state index < -0.39 is 0 Å². The molecule has 1 heterocycles. The van der Waals surface area contributed by atoms with Crippen LogP contribution in [0.1, 0.15) is 17.7 Å². The third-order valence-corrected chi connectivity index (χ3v) is 1.52. The summed E-state index contributed by atoms with van der Waals surface area (Å²) >= 11 is 0. The van der Waals surface area contributed by atoms with Crippen molar-refractivity contribution in [2.75, 3.05) is 6.54 Å². The molecule has 0 aliphatic heterocycles. The summed E-state index contributed by atoms with van der Waals surface area (Å²) in [6, 6.07) is 1.42. The summed E-state index contributed by atoms with van der Waals surface area (Å²) in [4.78, 5) is 3.86. The molecule has 0 saturated carbocycles. The summed E-state index contributed by atoms with van der Waals surface area (Å²) in [6.07, 6.45) is 1.80. The molecular formula is C10H11FN2. The molecule has 0 bridgehead atoms. The highest BCUT2D eigenvalue weighted by atomic mass is 19.1. The van der Waals surface area contributed by atoms with Gasteiger partial charge < -0.3 is 5.73 Å². The van der Waals surface area contributed by atoms with Gasteiger partial charge >= 0.3 is 0 Å². The van der Waals surface area contributed by atoms with Crippen LogP contribution in [0.15, 0.2) is 12.3 Å². The Balaban J connectivity index is 2.85. The van der Waals surface area contributed by atoms with Gasteiger partial charge in [0.05, 0.1) is 6.20 Å². The SMILES string of the molecule is Cc1cc(F)cnc1C#CCCN. The molecule has 1 aromatic rings. The van der Waals surface area contributed by atoms with Gasteiger partial charge in [0.1, 0.15) is 11.5 Å². The van der Waals surface area contributed by atoms with Crippen molar-refractivity contribution in [2.45, 2.75) is 13.3 Å². The van der Waals surface area contributed by atoms with Gasteiger partial charge in [-0.3, -0.25) is 0 Å². The third kappa shape index (κ3) is 2.85. The molecule has 0 aliphatic carbocycles. The van der Waals surface area contributed by atoms with Crippen molar-refractivity contribution in [2.24, 2.45) is 5.73 Å². The lowest BCUT2D eigenvalue weighted by atomic mass is 10.2. The van der Waals surface area contributed by atoms with E-state index in [9.17, 15) is 4.39 Å². The fraction of sp³-hybridized carbons (Fsp3) is 0.300. The molecule has 0 atom stereocenters. The first-order valence-corrected chi connectivity index (χ1v) is 4.05. The first-order chi connectivity index (χ1) is 6.24. The van der Waals surface area contributed by atoms with Crippen LogP contribution in [0.25, 0.3) is 0 Å². The molecule has 0 radical (unpaired) electrons. The van der Waals surface area contributed by atoms with Gasteiger partial charge in [-0.2, -0.15) is 0 Å². The van der Waals surface area contributed by atoms with E-state index in [4.69, 9.17) is 5.73 Å². The zero-order valence-electron chi connectivity index (χ0n) is 7.47. The molecule has 1 aromatic heterocycles. The fourth-order valence-corrected chi connectivity index (χ4v) is 0.890. The van der Waals surface area contributed by atoms with Crippen LogP contribution in [0.5, 0.6) is 0 Å². The minimum absolute atomic E-state index is 0.332. The number of nitrogens with zero attached hydrogens (tertiary/aromatic N) is 1. The highest BCUT2D eigenvalue weighted by Gasteiger charge is 1.96. The van der Waals surface area contributed by atoms with Crippen molar-refractivity contribution < 1.29 is 4.39 Å². The number of aryl methyl sites for hydroxylation is 1. The van der Waals surface area contributed by atoms with Gasteiger partial charge in [0.2, 0.25) is 0 Å². The normalized spacial score (nSPS) is 9.15. The van der Waals surface area contributed by atoms with Crippen molar-refractivity contribution in [1.29, 1.82) is 0 Å². The number of pyridine rings is 1. The Morgan fingerprint density at radius 1 is 1.62 bits per heavy atom. The van der Waals surface area contributed by atoms with Crippen molar-refractivity contribution in [3.05, 3.63) is 29.3 Å². The van der Waals surface area contributed by atoms with Gasteiger partial charge in [0.25, 0.3) is 0 Å². The molecule has 2 N–H and O–H groups in total. The summed E-state index contributed by atoms with van der Waals surface area (Å²) in [5, 5.41) is 0. The van der Waals surface area contributed by atoms with Crippen molar-refractivity contribution >= 4 is 0 Å². The molecule has 0 spiro atoms. The number of rotatable bonds is 1. The van der Waals surface area contributed by atoms with Crippen LogP contribution in [-0.2, 0) is 0 Å². The summed E-state index contributed by atoms with van der Waals surface area (Å²) in [6.45, 7) is 2.32. The molecule has 0 aliphatic rings. The first-order valence-electron chi connectivity index (χ1n) is 4.05. The summed E-state index contributed by atoms with van der Waals surface area (Å²) in [7, 11) is 0. The van der Waals surface area contributed by atoms with Gasteiger partial charge in [-0.15, -0.1) is 0 Å². The van der Waals surface area contributed by atoms with Crippen LogP contribution < -0.4 is 5.73 Å². The number of hydrogen-bond acceptors (Lipinski definition) is 2. The lowest BCUT2D eigenvalue weighted by molar-refractivity contribution is 0.619. The van der Waals surface area contributed by atoms with Gasteiger partial charge in [-0.05, 0) is 24.5 Å². The van der Waals surface area contributed by atoms with E-state index in [1.54, 1.807) is 6.92 Å². The first kappa shape index (κ1) is 9.69. The van der Waals surface area contributed by atoms with Crippen molar-refractivity contribution in [3.63, 3.8) is 0 Å². The molecular weight excluding hydrogens is 167 g/mol. The fourth-order valence-electron chi connectivity index (χ4n) is 0.890. The van der Waals surface area contributed by atoms with E-state index >= 15 is 0 Å². The molecule has 0 aromatic carbocycles. The number of nitrogens with two attached hydrogens (primary N) is 1. The molecule has 2 nitrogen and oxygen atoms in total. The maximum Gasteiger partial charge on any atom is 0.141 e. The Bertz CT molecular complexity index is 350. The summed E-state index contributed by atoms with van der Waals surface area (Å²) in [5.41, 5.74) is 6.65. The minimum atomic E-state index is -0.332. The molecule has 13 heavy (non-hydrogen) atoms. The Hall–Kier alpha value is -1.40. The molecule has 0 fully saturated rings. The molecule has 3 heteroatoms. The standard InChI is InChI=1S/C10H11FN2/c1-8-6-9(11)7-13-10(8)4-2-3-5-12/h6-7H,3,5,12H2,1H3. The largest absolute Gasteiger partial charge is 0.330 e. The average molecular weight is 178 g/mol. The van der Waals surface area contributed by atoms with Crippen molar-refractivity contribution in [1.82, 2.24) is 4.98 Å². The van der Waals surface area contributed by atoms with E-state index in [-0.39, 0.29) is 5.82 Å². The van der Waals surface area contributed by atoms with Crippen LogP contribution in [-0.4, -0.2) is 11.5 Å². The molecule has 0 saturated heterocycles. The van der Waals surface area contributed by atoms with E-state index in [1.165, 1.54) is 12.3 Å². The highest BCUT2D eigenvalue weighted by molar-refractivity contribution is 5.34. The second kappa shape index (κ2) is 4.58. The van der Waals surface area contributed by atoms with Gasteiger partial charge in [0, 0.05) is 13.0 Å². The monoisotopic (exact) mass is 178 g/mol. The Morgan fingerprint density at radius 3 is 3.00 bits per heavy atom. The minimum Gasteiger partial charge on any atom is -0.330 e. The van der Waals surface area contributed by atoms with E-state index in [1.807, 2.05) is 0 Å².